The number of para-hydroxylation sites is 1. The molecule has 1 aromatic heterocycles. The normalized spacial score (nSPS) is 10.7. The molecule has 2 aromatic carbocycles. The number of benzene rings is 2. The monoisotopic (exact) mass is 295 g/mol. The summed E-state index contributed by atoms with van der Waals surface area (Å²) in [6.07, 6.45) is -0.0553. The van der Waals surface area contributed by atoms with Crippen LogP contribution in [0.25, 0.3) is 22.3 Å². The van der Waals surface area contributed by atoms with Crippen LogP contribution in [0, 0.1) is 0 Å². The van der Waals surface area contributed by atoms with Gasteiger partial charge in [0.1, 0.15) is 17.1 Å². The first-order valence-electron chi connectivity index (χ1n) is 6.68. The zero-order valence-electron chi connectivity index (χ0n) is 11.6. The lowest BCUT2D eigenvalue weighted by molar-refractivity contribution is -0.117. The topological polar surface area (TPSA) is 93.5 Å². The lowest BCUT2D eigenvalue weighted by Gasteiger charge is -2.09. The van der Waals surface area contributed by atoms with E-state index in [0.717, 1.165) is 0 Å². The summed E-state index contributed by atoms with van der Waals surface area (Å²) in [5, 5.41) is 10.1. The van der Waals surface area contributed by atoms with Gasteiger partial charge in [-0.25, -0.2) is 0 Å². The van der Waals surface area contributed by atoms with Gasteiger partial charge in [0, 0.05) is 11.6 Å². The average Bonchev–Trinajstić information content (AvgIpc) is 2.46. The minimum atomic E-state index is -0.532. The molecule has 0 aliphatic rings. The number of nitrogens with two attached hydrogens (primary N) is 1. The van der Waals surface area contributed by atoms with Crippen LogP contribution in [0.15, 0.2) is 57.7 Å². The molecule has 1 amide bonds. The van der Waals surface area contributed by atoms with E-state index < -0.39 is 5.91 Å². The third-order valence-corrected chi connectivity index (χ3v) is 3.35. The number of amides is 1. The Balaban J connectivity index is 2.23. The summed E-state index contributed by atoms with van der Waals surface area (Å²) in [4.78, 5) is 23.4. The van der Waals surface area contributed by atoms with Crippen molar-refractivity contribution in [1.82, 2.24) is 0 Å². The third kappa shape index (κ3) is 2.56. The van der Waals surface area contributed by atoms with Gasteiger partial charge >= 0.3 is 0 Å². The first-order chi connectivity index (χ1) is 10.5. The first kappa shape index (κ1) is 13.9. The van der Waals surface area contributed by atoms with Gasteiger partial charge in [-0.3, -0.25) is 9.59 Å². The summed E-state index contributed by atoms with van der Waals surface area (Å²) >= 11 is 0. The highest BCUT2D eigenvalue weighted by molar-refractivity contribution is 5.82. The molecule has 0 atom stereocenters. The molecule has 0 aliphatic heterocycles. The largest absolute Gasteiger partial charge is 0.508 e. The van der Waals surface area contributed by atoms with E-state index in [0.29, 0.717) is 27.9 Å². The molecule has 0 saturated carbocycles. The Labute approximate surface area is 125 Å². The van der Waals surface area contributed by atoms with Crippen LogP contribution < -0.4 is 11.2 Å². The molecular weight excluding hydrogens is 282 g/mol. The summed E-state index contributed by atoms with van der Waals surface area (Å²) in [6, 6.07) is 12.8. The van der Waals surface area contributed by atoms with Gasteiger partial charge in [0.15, 0.2) is 5.43 Å². The molecule has 0 saturated heterocycles. The van der Waals surface area contributed by atoms with Crippen molar-refractivity contribution in [3.63, 3.8) is 0 Å². The lowest BCUT2D eigenvalue weighted by atomic mass is 10.0. The van der Waals surface area contributed by atoms with Crippen molar-refractivity contribution in [2.45, 2.75) is 6.42 Å². The van der Waals surface area contributed by atoms with Crippen molar-refractivity contribution in [2.24, 2.45) is 5.73 Å². The fourth-order valence-corrected chi connectivity index (χ4v) is 2.39. The number of primary amides is 1. The van der Waals surface area contributed by atoms with Gasteiger partial charge in [-0.15, -0.1) is 0 Å². The zero-order chi connectivity index (χ0) is 15.7. The number of carbonyl (C=O) groups excluding carboxylic acids is 1. The lowest BCUT2D eigenvalue weighted by Crippen LogP contribution is -2.14. The van der Waals surface area contributed by atoms with Crippen LogP contribution in [0.4, 0.5) is 0 Å². The van der Waals surface area contributed by atoms with E-state index in [4.69, 9.17) is 10.2 Å². The Morgan fingerprint density at radius 1 is 1.14 bits per heavy atom. The number of aromatic hydroxyl groups is 1. The van der Waals surface area contributed by atoms with Gasteiger partial charge in [0.2, 0.25) is 5.91 Å². The standard InChI is InChI=1S/C17H13NO4/c18-17(21)8-10-7-11(19)5-6-12(10)16-9-14(20)13-3-1-2-4-15(13)22-16/h1-7,9,19H,8H2,(H2,18,21). The molecule has 0 unspecified atom stereocenters. The molecule has 5 nitrogen and oxygen atoms in total. The van der Waals surface area contributed by atoms with E-state index in [1.165, 1.54) is 18.2 Å². The molecule has 0 fully saturated rings. The molecular formula is C17H13NO4. The molecule has 5 heteroatoms. The molecule has 1 heterocycles. The van der Waals surface area contributed by atoms with Crippen molar-refractivity contribution in [1.29, 1.82) is 0 Å². The number of phenolic OH excluding ortho intramolecular Hbond substituents is 1. The Morgan fingerprint density at radius 2 is 1.91 bits per heavy atom. The fourth-order valence-electron chi connectivity index (χ4n) is 2.39. The second-order valence-corrected chi connectivity index (χ2v) is 4.96. The molecule has 3 aromatic rings. The van der Waals surface area contributed by atoms with Crippen LogP contribution >= 0.6 is 0 Å². The van der Waals surface area contributed by atoms with Crippen LogP contribution in [-0.2, 0) is 11.2 Å². The first-order valence-corrected chi connectivity index (χ1v) is 6.68. The third-order valence-electron chi connectivity index (χ3n) is 3.35. The minimum absolute atomic E-state index is 0.0168. The highest BCUT2D eigenvalue weighted by Gasteiger charge is 2.13. The Kier molecular flexibility index (Phi) is 3.39. The summed E-state index contributed by atoms with van der Waals surface area (Å²) < 4.78 is 5.76. The molecule has 0 aliphatic carbocycles. The number of hydrogen-bond donors (Lipinski definition) is 2. The van der Waals surface area contributed by atoms with Gasteiger partial charge < -0.3 is 15.3 Å². The van der Waals surface area contributed by atoms with Crippen LogP contribution in [0.2, 0.25) is 0 Å². The SMILES string of the molecule is NC(=O)Cc1cc(O)ccc1-c1cc(=O)c2ccccc2o1. The number of phenols is 1. The van der Waals surface area contributed by atoms with E-state index in [1.807, 2.05) is 0 Å². The second kappa shape index (κ2) is 5.37. The van der Waals surface area contributed by atoms with Crippen molar-refractivity contribution >= 4 is 16.9 Å². The van der Waals surface area contributed by atoms with Gasteiger partial charge in [0.05, 0.1) is 11.8 Å². The molecule has 22 heavy (non-hydrogen) atoms. The predicted molar refractivity (Wildman–Crippen MR) is 82.5 cm³/mol. The van der Waals surface area contributed by atoms with Crippen LogP contribution in [-0.4, -0.2) is 11.0 Å². The van der Waals surface area contributed by atoms with Crippen molar-refractivity contribution < 1.29 is 14.3 Å². The summed E-state index contributed by atoms with van der Waals surface area (Å²) in [5.41, 5.74) is 6.58. The van der Waals surface area contributed by atoms with Crippen molar-refractivity contribution in [2.75, 3.05) is 0 Å². The molecule has 3 N–H and O–H groups in total. The van der Waals surface area contributed by atoms with Crippen molar-refractivity contribution in [3.05, 3.63) is 64.3 Å². The molecule has 0 spiro atoms. The highest BCUT2D eigenvalue weighted by Crippen LogP contribution is 2.28. The number of rotatable bonds is 3. The van der Waals surface area contributed by atoms with E-state index in [2.05, 4.69) is 0 Å². The maximum Gasteiger partial charge on any atom is 0.221 e. The summed E-state index contributed by atoms with van der Waals surface area (Å²) in [7, 11) is 0. The van der Waals surface area contributed by atoms with E-state index in [1.54, 1.807) is 30.3 Å². The Morgan fingerprint density at radius 3 is 2.68 bits per heavy atom. The number of hydrogen-bond acceptors (Lipinski definition) is 4. The van der Waals surface area contributed by atoms with Gasteiger partial charge in [-0.2, -0.15) is 0 Å². The zero-order valence-corrected chi connectivity index (χ0v) is 11.6. The van der Waals surface area contributed by atoms with Crippen LogP contribution in [0.1, 0.15) is 5.56 Å². The molecule has 0 bridgehead atoms. The van der Waals surface area contributed by atoms with Crippen LogP contribution in [0.3, 0.4) is 0 Å². The number of carbonyl (C=O) groups is 1. The van der Waals surface area contributed by atoms with Crippen molar-refractivity contribution in [3.8, 4) is 17.1 Å². The fraction of sp³-hybridized carbons (Fsp3) is 0.0588. The van der Waals surface area contributed by atoms with Gasteiger partial charge in [0.25, 0.3) is 0 Å². The number of fused-ring (bicyclic) bond motifs is 1. The molecule has 0 radical (unpaired) electrons. The maximum absolute atomic E-state index is 12.2. The molecule has 110 valence electrons. The van der Waals surface area contributed by atoms with Gasteiger partial charge in [-0.1, -0.05) is 12.1 Å². The smallest absolute Gasteiger partial charge is 0.221 e. The summed E-state index contributed by atoms with van der Waals surface area (Å²) in [5.74, 6) is -0.182. The molecule has 3 rings (SSSR count). The van der Waals surface area contributed by atoms with Gasteiger partial charge in [-0.05, 0) is 35.9 Å². The second-order valence-electron chi connectivity index (χ2n) is 4.96. The predicted octanol–water partition coefficient (Wildman–Crippen LogP) is 2.19. The maximum atomic E-state index is 12.2. The summed E-state index contributed by atoms with van der Waals surface area (Å²) in [6.45, 7) is 0. The minimum Gasteiger partial charge on any atom is -0.508 e. The van der Waals surface area contributed by atoms with E-state index >= 15 is 0 Å². The quantitative estimate of drug-likeness (QED) is 0.774. The van der Waals surface area contributed by atoms with E-state index in [-0.39, 0.29) is 17.6 Å². The Hall–Kier alpha value is -3.08. The Bertz CT molecular complexity index is 927. The highest BCUT2D eigenvalue weighted by atomic mass is 16.3. The van der Waals surface area contributed by atoms with E-state index in [9.17, 15) is 14.7 Å². The van der Waals surface area contributed by atoms with Crippen LogP contribution in [0.5, 0.6) is 5.75 Å². The average molecular weight is 295 g/mol.